The number of nitrogens with zero attached hydrogens (tertiary/aromatic N) is 1. The summed E-state index contributed by atoms with van der Waals surface area (Å²) in [6.07, 6.45) is -1.62. The molecule has 130 valence electrons. The molecule has 0 spiro atoms. The summed E-state index contributed by atoms with van der Waals surface area (Å²) < 4.78 is 16.3. The molecular formula is C13H23N5O5. The summed E-state index contributed by atoms with van der Waals surface area (Å²) in [5.41, 5.74) is 6.83. The van der Waals surface area contributed by atoms with E-state index in [4.69, 9.17) is 19.9 Å². The van der Waals surface area contributed by atoms with Gasteiger partial charge in [-0.2, -0.15) is 0 Å². The minimum atomic E-state index is -0.714. The van der Waals surface area contributed by atoms with E-state index >= 15 is 0 Å². The molecule has 0 aromatic carbocycles. The number of aliphatic hydroxyl groups is 2. The molecule has 0 aromatic rings. The van der Waals surface area contributed by atoms with Crippen molar-refractivity contribution in [3.8, 4) is 0 Å². The summed E-state index contributed by atoms with van der Waals surface area (Å²) >= 11 is 0. The van der Waals surface area contributed by atoms with Crippen LogP contribution >= 0.6 is 0 Å². The normalized spacial score (nSPS) is 30.2. The van der Waals surface area contributed by atoms with E-state index in [1.165, 1.54) is 0 Å². The number of hydrogen-bond acceptors (Lipinski definition) is 10. The number of aliphatic hydroxyl groups excluding tert-OH is 2. The average Bonchev–Trinajstić information content (AvgIpc) is 3.10. The summed E-state index contributed by atoms with van der Waals surface area (Å²) in [4.78, 5) is 1.88. The van der Waals surface area contributed by atoms with Crippen LogP contribution < -0.4 is 21.7 Å². The molecule has 0 fully saturated rings. The first kappa shape index (κ1) is 16.1. The van der Waals surface area contributed by atoms with Crippen LogP contribution in [0.4, 0.5) is 0 Å². The molecule has 2 unspecified atom stereocenters. The quantitative estimate of drug-likeness (QED) is 0.293. The Kier molecular flexibility index (Phi) is 4.78. The molecule has 7 N–H and O–H groups in total. The lowest BCUT2D eigenvalue weighted by molar-refractivity contribution is -0.0904. The van der Waals surface area contributed by atoms with Gasteiger partial charge in [0.25, 0.3) is 0 Å². The van der Waals surface area contributed by atoms with Gasteiger partial charge in [0.15, 0.2) is 17.6 Å². The fourth-order valence-electron chi connectivity index (χ4n) is 2.83. The molecule has 3 aliphatic heterocycles. The molecule has 0 aromatic heterocycles. The van der Waals surface area contributed by atoms with Crippen LogP contribution in [0.2, 0.25) is 0 Å². The lowest BCUT2D eigenvalue weighted by Crippen LogP contribution is -2.53. The van der Waals surface area contributed by atoms with Crippen LogP contribution in [0.3, 0.4) is 0 Å². The average molecular weight is 329 g/mol. The molecule has 23 heavy (non-hydrogen) atoms. The number of ether oxygens (including phenoxy) is 3. The number of methoxy groups -OCH3 is 1. The monoisotopic (exact) mass is 329 g/mol. The lowest BCUT2D eigenvalue weighted by atomic mass is 10.2. The van der Waals surface area contributed by atoms with Gasteiger partial charge in [-0.05, 0) is 0 Å². The zero-order valence-electron chi connectivity index (χ0n) is 12.9. The van der Waals surface area contributed by atoms with Crippen LogP contribution in [0.25, 0.3) is 0 Å². The summed E-state index contributed by atoms with van der Waals surface area (Å²) in [5, 5.41) is 29.1. The van der Waals surface area contributed by atoms with Gasteiger partial charge in [-0.1, -0.05) is 0 Å². The lowest BCUT2D eigenvalue weighted by Gasteiger charge is -2.33. The third kappa shape index (κ3) is 2.91. The first-order chi connectivity index (χ1) is 11.2. The molecule has 0 saturated carbocycles. The third-order valence-corrected chi connectivity index (χ3v) is 3.98. The Bertz CT molecular complexity index is 511. The molecule has 3 aliphatic rings. The van der Waals surface area contributed by atoms with E-state index in [0.717, 1.165) is 11.5 Å². The fourth-order valence-corrected chi connectivity index (χ4v) is 2.83. The van der Waals surface area contributed by atoms with Gasteiger partial charge in [0.05, 0.1) is 32.2 Å². The zero-order chi connectivity index (χ0) is 16.4. The second kappa shape index (κ2) is 6.81. The Morgan fingerprint density at radius 3 is 2.96 bits per heavy atom. The topological polar surface area (TPSA) is 134 Å². The first-order valence-electron chi connectivity index (χ1n) is 7.45. The van der Waals surface area contributed by atoms with Crippen LogP contribution in [-0.2, 0) is 14.2 Å². The maximum absolute atomic E-state index is 10.2. The Hall–Kier alpha value is -1.72. The van der Waals surface area contributed by atoms with E-state index in [0.29, 0.717) is 26.6 Å². The molecule has 10 nitrogen and oxygen atoms in total. The molecule has 0 radical (unpaired) electrons. The van der Waals surface area contributed by atoms with Gasteiger partial charge in [0, 0.05) is 7.11 Å². The van der Waals surface area contributed by atoms with Gasteiger partial charge < -0.3 is 45.7 Å². The predicted molar refractivity (Wildman–Crippen MR) is 79.2 cm³/mol. The highest BCUT2D eigenvalue weighted by atomic mass is 16.6. The maximum Gasteiger partial charge on any atom is 0.208 e. The Morgan fingerprint density at radius 2 is 2.22 bits per heavy atom. The second-order valence-electron chi connectivity index (χ2n) is 5.36. The highest BCUT2D eigenvalue weighted by Gasteiger charge is 2.45. The molecular weight excluding hydrogens is 306 g/mol. The van der Waals surface area contributed by atoms with Crippen molar-refractivity contribution in [2.45, 2.75) is 18.5 Å². The predicted octanol–water partition coefficient (Wildman–Crippen LogP) is -2.40. The van der Waals surface area contributed by atoms with Gasteiger partial charge in [0.1, 0.15) is 18.6 Å². The van der Waals surface area contributed by atoms with Gasteiger partial charge in [-0.3, -0.25) is 5.32 Å². The van der Waals surface area contributed by atoms with E-state index in [9.17, 15) is 10.2 Å². The Balaban J connectivity index is 1.78. The van der Waals surface area contributed by atoms with Crippen LogP contribution in [0.15, 0.2) is 23.0 Å². The van der Waals surface area contributed by atoms with Crippen molar-refractivity contribution >= 4 is 0 Å². The van der Waals surface area contributed by atoms with Crippen molar-refractivity contribution in [1.82, 2.24) is 20.9 Å². The van der Waals surface area contributed by atoms with Crippen LogP contribution in [0.1, 0.15) is 0 Å². The number of nitrogens with one attached hydrogen (secondary N) is 3. The van der Waals surface area contributed by atoms with Crippen molar-refractivity contribution in [1.29, 1.82) is 0 Å². The highest BCUT2D eigenvalue weighted by molar-refractivity contribution is 5.25. The summed E-state index contributed by atoms with van der Waals surface area (Å²) in [6, 6.07) is 0. The van der Waals surface area contributed by atoms with E-state index in [2.05, 4.69) is 16.0 Å². The van der Waals surface area contributed by atoms with E-state index in [1.54, 1.807) is 7.11 Å². The number of hydrogen-bond donors (Lipinski definition) is 6. The molecule has 3 heterocycles. The molecule has 0 bridgehead atoms. The summed E-state index contributed by atoms with van der Waals surface area (Å²) in [7, 11) is 1.57. The van der Waals surface area contributed by atoms with Crippen molar-refractivity contribution < 1.29 is 24.4 Å². The molecule has 0 amide bonds. The number of nitrogens with two attached hydrogens (primary N) is 1. The molecule has 10 heteroatoms. The Morgan fingerprint density at radius 1 is 1.39 bits per heavy atom. The van der Waals surface area contributed by atoms with Crippen LogP contribution in [0, 0.1) is 0 Å². The van der Waals surface area contributed by atoms with Gasteiger partial charge in [-0.25, -0.2) is 0 Å². The largest absolute Gasteiger partial charge is 0.506 e. The second-order valence-corrected chi connectivity index (χ2v) is 5.36. The van der Waals surface area contributed by atoms with Crippen molar-refractivity contribution in [3.05, 3.63) is 23.0 Å². The number of rotatable bonds is 6. The van der Waals surface area contributed by atoms with Gasteiger partial charge >= 0.3 is 0 Å². The zero-order valence-corrected chi connectivity index (χ0v) is 12.9. The summed E-state index contributed by atoms with van der Waals surface area (Å²) in [5.74, 6) is 0.819. The minimum absolute atomic E-state index is 0.0964. The Labute approximate surface area is 133 Å². The van der Waals surface area contributed by atoms with Crippen molar-refractivity contribution in [2.75, 3.05) is 40.3 Å². The van der Waals surface area contributed by atoms with E-state index in [-0.39, 0.29) is 17.7 Å². The maximum atomic E-state index is 10.2. The standard InChI is InChI=1S/C13H23N5O5/c1-21-2-3-22-10-9(20)7(4-19)23-13(10)18-6-17-8-11(14)15-5-16-12(8)18/h10-11,13,15-17,19-20H,2-6,14H2,1H3/t10?,11?,13-/m1/s1. The smallest absolute Gasteiger partial charge is 0.208 e. The van der Waals surface area contributed by atoms with Crippen molar-refractivity contribution in [3.63, 3.8) is 0 Å². The van der Waals surface area contributed by atoms with Crippen LogP contribution in [-0.4, -0.2) is 73.9 Å². The van der Waals surface area contributed by atoms with Crippen molar-refractivity contribution in [2.24, 2.45) is 5.73 Å². The molecule has 3 atom stereocenters. The molecule has 3 rings (SSSR count). The summed E-state index contributed by atoms with van der Waals surface area (Å²) in [6.45, 7) is 1.27. The third-order valence-electron chi connectivity index (χ3n) is 3.98. The molecule has 0 aliphatic carbocycles. The molecule has 0 saturated heterocycles. The van der Waals surface area contributed by atoms with E-state index < -0.39 is 18.9 Å². The first-order valence-corrected chi connectivity index (χ1v) is 7.45. The minimum Gasteiger partial charge on any atom is -0.506 e. The van der Waals surface area contributed by atoms with Gasteiger partial charge in [0.2, 0.25) is 6.23 Å². The van der Waals surface area contributed by atoms with E-state index in [1.807, 2.05) is 4.90 Å². The highest BCUT2D eigenvalue weighted by Crippen LogP contribution is 2.32. The van der Waals surface area contributed by atoms with Gasteiger partial charge in [-0.15, -0.1) is 0 Å². The fraction of sp³-hybridized carbons (Fsp3) is 0.692. The SMILES string of the molecule is COCCOC1C(O)=C(CO)O[C@H]1N1CNC2=C1NCNC2N. The van der Waals surface area contributed by atoms with Crippen LogP contribution in [0.5, 0.6) is 0 Å².